The molecule has 0 spiro atoms. The van der Waals surface area contributed by atoms with Gasteiger partial charge in [0.25, 0.3) is 0 Å². The lowest BCUT2D eigenvalue weighted by molar-refractivity contribution is -0.117. The van der Waals surface area contributed by atoms with Crippen molar-refractivity contribution >= 4 is 29.3 Å². The van der Waals surface area contributed by atoms with Crippen LogP contribution in [0.25, 0.3) is 5.69 Å². The summed E-state index contributed by atoms with van der Waals surface area (Å²) in [6.45, 7) is 1.76. The van der Waals surface area contributed by atoms with Crippen LogP contribution in [0.3, 0.4) is 0 Å². The number of anilines is 2. The molecule has 0 fully saturated rings. The Balaban J connectivity index is 1.41. The monoisotopic (exact) mass is 428 g/mol. The summed E-state index contributed by atoms with van der Waals surface area (Å²) < 4.78 is 7.38. The Morgan fingerprint density at radius 2 is 1.84 bits per heavy atom. The highest BCUT2D eigenvalue weighted by molar-refractivity contribution is 6.20. The molecule has 3 aromatic rings. The third-order valence-electron chi connectivity index (χ3n) is 5.87. The van der Waals surface area contributed by atoms with Crippen LogP contribution in [-0.2, 0) is 4.79 Å². The van der Waals surface area contributed by atoms with E-state index in [9.17, 15) is 9.59 Å². The van der Waals surface area contributed by atoms with Gasteiger partial charge in [0.15, 0.2) is 5.82 Å². The summed E-state index contributed by atoms with van der Waals surface area (Å²) in [5.41, 5.74) is 2.28. The minimum atomic E-state index is -0.263. The quantitative estimate of drug-likeness (QED) is 0.641. The van der Waals surface area contributed by atoms with Crippen LogP contribution < -0.4 is 14.5 Å². The van der Waals surface area contributed by atoms with Crippen LogP contribution in [0.1, 0.15) is 5.56 Å². The largest absolute Gasteiger partial charge is 0.490 e. The number of hydrogen-bond acceptors (Lipinski definition) is 5. The number of amidine groups is 1. The van der Waals surface area contributed by atoms with Crippen LogP contribution >= 0.6 is 0 Å². The van der Waals surface area contributed by atoms with Crippen LogP contribution in [0.2, 0.25) is 0 Å². The fraction of sp³-hybridized carbons (Fsp3) is 0.217. The maximum absolute atomic E-state index is 13.4. The van der Waals surface area contributed by atoms with Crippen molar-refractivity contribution in [1.82, 2.24) is 14.7 Å². The molecule has 0 saturated heterocycles. The maximum Gasteiger partial charge on any atom is 0.331 e. The van der Waals surface area contributed by atoms with Crippen molar-refractivity contribution in [1.29, 1.82) is 0 Å². The number of aromatic nitrogens is 2. The zero-order valence-corrected chi connectivity index (χ0v) is 17.2. The average Bonchev–Trinajstić information content (AvgIpc) is 3.49. The molecule has 0 aliphatic carbocycles. The Kier molecular flexibility index (Phi) is 4.20. The lowest BCUT2D eigenvalue weighted by atomic mass is 10.2. The Morgan fingerprint density at radius 3 is 2.72 bits per heavy atom. The SMILES string of the molecule is O=C(CN1C(=O)N2CCN=C2c2cnn(-c3ccccc3)c21)N1CCOc2ccccc21. The summed E-state index contributed by atoms with van der Waals surface area (Å²) in [5.74, 6) is 1.67. The number of nitrogens with zero attached hydrogens (tertiary/aromatic N) is 6. The molecule has 0 saturated carbocycles. The van der Waals surface area contributed by atoms with Gasteiger partial charge in [-0.1, -0.05) is 30.3 Å². The van der Waals surface area contributed by atoms with E-state index in [0.29, 0.717) is 49.3 Å². The molecule has 0 unspecified atom stereocenters. The van der Waals surface area contributed by atoms with Crippen molar-refractivity contribution in [3.63, 3.8) is 0 Å². The van der Waals surface area contributed by atoms with Gasteiger partial charge in [0.2, 0.25) is 5.91 Å². The predicted octanol–water partition coefficient (Wildman–Crippen LogP) is 2.30. The van der Waals surface area contributed by atoms with Gasteiger partial charge >= 0.3 is 6.03 Å². The van der Waals surface area contributed by atoms with Gasteiger partial charge in [-0.15, -0.1) is 0 Å². The van der Waals surface area contributed by atoms with E-state index < -0.39 is 0 Å². The Morgan fingerprint density at radius 1 is 1.03 bits per heavy atom. The maximum atomic E-state index is 13.4. The molecule has 0 bridgehead atoms. The van der Waals surface area contributed by atoms with Gasteiger partial charge in [-0.2, -0.15) is 5.10 Å². The summed E-state index contributed by atoms with van der Waals surface area (Å²) >= 11 is 0. The highest BCUT2D eigenvalue weighted by Gasteiger charge is 2.42. The zero-order chi connectivity index (χ0) is 21.7. The van der Waals surface area contributed by atoms with Crippen LogP contribution in [0, 0.1) is 0 Å². The van der Waals surface area contributed by atoms with E-state index in [0.717, 1.165) is 11.3 Å². The Bertz CT molecular complexity index is 1250. The molecule has 3 amide bonds. The molecule has 2 aromatic carbocycles. The minimum absolute atomic E-state index is 0.109. The second-order valence-electron chi connectivity index (χ2n) is 7.72. The van der Waals surface area contributed by atoms with Gasteiger partial charge in [-0.05, 0) is 24.3 Å². The summed E-state index contributed by atoms with van der Waals surface area (Å²) in [6, 6.07) is 16.8. The molecule has 9 nitrogen and oxygen atoms in total. The topological polar surface area (TPSA) is 83.3 Å². The number of benzene rings is 2. The fourth-order valence-electron chi connectivity index (χ4n) is 4.41. The van der Waals surface area contributed by atoms with E-state index in [4.69, 9.17) is 4.74 Å². The molecule has 6 rings (SSSR count). The number of carbonyl (C=O) groups excluding carboxylic acids is 2. The molecular formula is C23H20N6O3. The first kappa shape index (κ1) is 18.6. The van der Waals surface area contributed by atoms with E-state index >= 15 is 0 Å². The molecule has 1 aromatic heterocycles. The van der Waals surface area contributed by atoms with Crippen molar-refractivity contribution in [3.8, 4) is 11.4 Å². The Labute approximate surface area is 184 Å². The van der Waals surface area contributed by atoms with E-state index in [-0.39, 0.29) is 18.5 Å². The number of urea groups is 1. The third-order valence-corrected chi connectivity index (χ3v) is 5.87. The van der Waals surface area contributed by atoms with Gasteiger partial charge < -0.3 is 9.64 Å². The molecule has 160 valence electrons. The number of fused-ring (bicyclic) bond motifs is 4. The van der Waals surface area contributed by atoms with Crippen molar-refractivity contribution < 1.29 is 14.3 Å². The lowest BCUT2D eigenvalue weighted by Crippen LogP contribution is -2.54. The molecule has 3 aliphatic rings. The van der Waals surface area contributed by atoms with Gasteiger partial charge in [-0.25, -0.2) is 9.48 Å². The average molecular weight is 428 g/mol. The molecule has 0 N–H and O–H groups in total. The summed E-state index contributed by atoms with van der Waals surface area (Å²) in [6.07, 6.45) is 1.72. The number of carbonyl (C=O) groups is 2. The Hall–Kier alpha value is -4.14. The smallest absolute Gasteiger partial charge is 0.331 e. The van der Waals surface area contributed by atoms with Gasteiger partial charge in [0.1, 0.15) is 24.7 Å². The second-order valence-corrected chi connectivity index (χ2v) is 7.72. The molecule has 9 heteroatoms. The second kappa shape index (κ2) is 7.23. The summed E-state index contributed by atoms with van der Waals surface area (Å²) in [4.78, 5) is 36.2. The van der Waals surface area contributed by atoms with Crippen molar-refractivity contribution in [2.45, 2.75) is 0 Å². The van der Waals surface area contributed by atoms with Gasteiger partial charge in [0, 0.05) is 6.54 Å². The predicted molar refractivity (Wildman–Crippen MR) is 119 cm³/mol. The van der Waals surface area contributed by atoms with Crippen LogP contribution in [-0.4, -0.2) is 65.2 Å². The number of rotatable bonds is 3. The summed E-state index contributed by atoms with van der Waals surface area (Å²) in [5, 5.41) is 4.54. The molecular weight excluding hydrogens is 408 g/mol. The molecule has 3 aliphatic heterocycles. The molecule has 4 heterocycles. The van der Waals surface area contributed by atoms with E-state index in [1.807, 2.05) is 54.6 Å². The number of aliphatic imine (C=N–C) groups is 1. The minimum Gasteiger partial charge on any atom is -0.490 e. The van der Waals surface area contributed by atoms with E-state index in [1.54, 1.807) is 20.7 Å². The van der Waals surface area contributed by atoms with Gasteiger partial charge in [-0.3, -0.25) is 19.6 Å². The van der Waals surface area contributed by atoms with E-state index in [1.165, 1.54) is 4.90 Å². The van der Waals surface area contributed by atoms with Crippen LogP contribution in [0.5, 0.6) is 5.75 Å². The van der Waals surface area contributed by atoms with Crippen molar-refractivity contribution in [2.24, 2.45) is 4.99 Å². The van der Waals surface area contributed by atoms with Crippen molar-refractivity contribution in [2.75, 3.05) is 42.6 Å². The first-order valence-corrected chi connectivity index (χ1v) is 10.5. The standard InChI is InChI=1S/C23H20N6O3/c30-20(26-12-13-32-19-9-5-4-8-18(19)26)15-28-22-17(21-24-10-11-27(21)23(28)31)14-25-29(22)16-6-2-1-3-7-16/h1-9,14H,10-13,15H2. The normalized spacial score (nSPS) is 16.8. The number of para-hydroxylation sites is 3. The van der Waals surface area contributed by atoms with Crippen LogP contribution in [0.15, 0.2) is 65.8 Å². The van der Waals surface area contributed by atoms with E-state index in [2.05, 4.69) is 10.1 Å². The highest BCUT2D eigenvalue weighted by atomic mass is 16.5. The zero-order valence-electron chi connectivity index (χ0n) is 17.2. The first-order chi connectivity index (χ1) is 15.7. The number of amides is 3. The number of hydrogen-bond donors (Lipinski definition) is 0. The summed E-state index contributed by atoms with van der Waals surface area (Å²) in [7, 11) is 0. The lowest BCUT2D eigenvalue weighted by Gasteiger charge is -2.36. The highest BCUT2D eigenvalue weighted by Crippen LogP contribution is 2.34. The third kappa shape index (κ3) is 2.78. The molecule has 0 radical (unpaired) electrons. The number of ether oxygens (including phenoxy) is 1. The van der Waals surface area contributed by atoms with Crippen molar-refractivity contribution in [3.05, 3.63) is 66.4 Å². The van der Waals surface area contributed by atoms with Gasteiger partial charge in [0.05, 0.1) is 36.2 Å². The molecule has 0 atom stereocenters. The first-order valence-electron chi connectivity index (χ1n) is 10.5. The fourth-order valence-corrected chi connectivity index (χ4v) is 4.41. The molecule has 32 heavy (non-hydrogen) atoms. The van der Waals surface area contributed by atoms with Crippen LogP contribution in [0.4, 0.5) is 16.3 Å².